The molecule has 1 aromatic carbocycles. The minimum atomic E-state index is 0.306. The van der Waals surface area contributed by atoms with Gasteiger partial charge in [-0.25, -0.2) is 0 Å². The Balaban J connectivity index is 1.83. The SMILES string of the molecule is O=C(C1CC1)N1CCCC1c1cccc(Br)c1. The Morgan fingerprint density at radius 3 is 2.82 bits per heavy atom. The summed E-state index contributed by atoms with van der Waals surface area (Å²) in [5.41, 5.74) is 1.27. The summed E-state index contributed by atoms with van der Waals surface area (Å²) in [5, 5.41) is 0. The fraction of sp³-hybridized carbons (Fsp3) is 0.500. The van der Waals surface area contributed by atoms with Crippen LogP contribution >= 0.6 is 15.9 Å². The summed E-state index contributed by atoms with van der Waals surface area (Å²) in [4.78, 5) is 14.3. The summed E-state index contributed by atoms with van der Waals surface area (Å²) < 4.78 is 1.10. The van der Waals surface area contributed by atoms with E-state index in [0.717, 1.165) is 36.7 Å². The fourth-order valence-corrected chi connectivity index (χ4v) is 3.07. The van der Waals surface area contributed by atoms with Crippen LogP contribution in [0.1, 0.15) is 37.3 Å². The van der Waals surface area contributed by atoms with Crippen LogP contribution in [0.3, 0.4) is 0 Å². The van der Waals surface area contributed by atoms with Crippen molar-refractivity contribution in [1.29, 1.82) is 0 Å². The Bertz CT molecular complexity index is 442. The molecule has 0 N–H and O–H groups in total. The first-order valence-corrected chi connectivity index (χ1v) is 7.11. The molecule has 0 spiro atoms. The molecule has 1 saturated heterocycles. The first-order chi connectivity index (χ1) is 8.25. The standard InChI is InChI=1S/C14H16BrNO/c15-12-4-1-3-11(9-12)13-5-2-8-16(13)14(17)10-6-7-10/h1,3-4,9-10,13H,2,5-8H2. The van der Waals surface area contributed by atoms with Gasteiger partial charge < -0.3 is 4.90 Å². The first-order valence-electron chi connectivity index (χ1n) is 6.31. The molecule has 0 bridgehead atoms. The lowest BCUT2D eigenvalue weighted by Crippen LogP contribution is -2.31. The molecule has 2 fully saturated rings. The maximum absolute atomic E-state index is 12.2. The number of carbonyl (C=O) groups is 1. The summed E-state index contributed by atoms with van der Waals surface area (Å²) >= 11 is 3.50. The number of benzene rings is 1. The van der Waals surface area contributed by atoms with Gasteiger partial charge in [0.05, 0.1) is 6.04 Å². The molecule has 90 valence electrons. The highest BCUT2D eigenvalue weighted by Gasteiger charge is 2.38. The molecule has 17 heavy (non-hydrogen) atoms. The molecule has 1 heterocycles. The van der Waals surface area contributed by atoms with Crippen molar-refractivity contribution in [2.45, 2.75) is 31.7 Å². The third-order valence-electron chi connectivity index (χ3n) is 3.70. The molecule has 1 unspecified atom stereocenters. The zero-order valence-electron chi connectivity index (χ0n) is 9.73. The van der Waals surface area contributed by atoms with E-state index in [9.17, 15) is 4.79 Å². The molecule has 1 aliphatic heterocycles. The van der Waals surface area contributed by atoms with Gasteiger partial charge in [-0.2, -0.15) is 0 Å². The Kier molecular flexibility index (Phi) is 2.95. The van der Waals surface area contributed by atoms with Crippen LogP contribution in [-0.2, 0) is 4.79 Å². The topological polar surface area (TPSA) is 20.3 Å². The van der Waals surface area contributed by atoms with E-state index in [1.54, 1.807) is 0 Å². The number of carbonyl (C=O) groups excluding carboxylic acids is 1. The largest absolute Gasteiger partial charge is 0.335 e. The first kappa shape index (κ1) is 11.3. The summed E-state index contributed by atoms with van der Waals surface area (Å²) in [6, 6.07) is 8.67. The molecule has 0 radical (unpaired) electrons. The van der Waals surface area contributed by atoms with Gasteiger partial charge in [0.25, 0.3) is 0 Å². The Labute approximate surface area is 110 Å². The monoisotopic (exact) mass is 293 g/mol. The molecule has 3 rings (SSSR count). The van der Waals surface area contributed by atoms with Crippen LogP contribution in [0.2, 0.25) is 0 Å². The fourth-order valence-electron chi connectivity index (χ4n) is 2.66. The molecule has 1 aliphatic carbocycles. The van der Waals surface area contributed by atoms with Crippen LogP contribution in [-0.4, -0.2) is 17.4 Å². The number of halogens is 1. The second-order valence-corrected chi connectivity index (χ2v) is 5.93. The predicted octanol–water partition coefficient (Wildman–Crippen LogP) is 3.52. The second-order valence-electron chi connectivity index (χ2n) is 5.02. The lowest BCUT2D eigenvalue weighted by molar-refractivity contribution is -0.133. The molecule has 3 heteroatoms. The Morgan fingerprint density at radius 1 is 1.29 bits per heavy atom. The van der Waals surface area contributed by atoms with Crippen molar-refractivity contribution >= 4 is 21.8 Å². The van der Waals surface area contributed by atoms with Crippen molar-refractivity contribution in [2.24, 2.45) is 5.92 Å². The van der Waals surface area contributed by atoms with E-state index in [2.05, 4.69) is 39.0 Å². The van der Waals surface area contributed by atoms with Crippen molar-refractivity contribution in [1.82, 2.24) is 4.90 Å². The average molecular weight is 294 g/mol. The van der Waals surface area contributed by atoms with E-state index >= 15 is 0 Å². The van der Waals surface area contributed by atoms with Crippen molar-refractivity contribution < 1.29 is 4.79 Å². The van der Waals surface area contributed by atoms with Gasteiger partial charge in [-0.05, 0) is 43.4 Å². The van der Waals surface area contributed by atoms with Crippen LogP contribution in [0.4, 0.5) is 0 Å². The molecule has 2 nitrogen and oxygen atoms in total. The van der Waals surface area contributed by atoms with E-state index in [0.29, 0.717) is 17.9 Å². The molecule has 2 aliphatic rings. The van der Waals surface area contributed by atoms with E-state index < -0.39 is 0 Å². The average Bonchev–Trinajstić information content (AvgIpc) is 3.05. The lowest BCUT2D eigenvalue weighted by Gasteiger charge is -2.25. The zero-order valence-corrected chi connectivity index (χ0v) is 11.3. The van der Waals surface area contributed by atoms with Crippen LogP contribution in [0.5, 0.6) is 0 Å². The number of rotatable bonds is 2. The molecule has 1 saturated carbocycles. The molecule has 1 atom stereocenters. The van der Waals surface area contributed by atoms with Crippen LogP contribution < -0.4 is 0 Å². The number of nitrogens with zero attached hydrogens (tertiary/aromatic N) is 1. The predicted molar refractivity (Wildman–Crippen MR) is 70.6 cm³/mol. The maximum atomic E-state index is 12.2. The summed E-state index contributed by atoms with van der Waals surface area (Å²) in [7, 11) is 0. The summed E-state index contributed by atoms with van der Waals surface area (Å²) in [6.07, 6.45) is 4.44. The normalized spacial score (nSPS) is 24.1. The van der Waals surface area contributed by atoms with Gasteiger partial charge in [0, 0.05) is 16.9 Å². The Hall–Kier alpha value is -0.830. The van der Waals surface area contributed by atoms with Crippen molar-refractivity contribution in [3.8, 4) is 0 Å². The number of hydrogen-bond acceptors (Lipinski definition) is 1. The summed E-state index contributed by atoms with van der Waals surface area (Å²) in [6.45, 7) is 0.937. The van der Waals surface area contributed by atoms with Gasteiger partial charge in [-0.3, -0.25) is 4.79 Å². The van der Waals surface area contributed by atoms with Crippen LogP contribution in [0, 0.1) is 5.92 Å². The highest BCUT2D eigenvalue weighted by Crippen LogP contribution is 2.39. The van der Waals surface area contributed by atoms with E-state index in [4.69, 9.17) is 0 Å². The minimum absolute atomic E-state index is 0.306. The Morgan fingerprint density at radius 2 is 2.12 bits per heavy atom. The van der Waals surface area contributed by atoms with Crippen LogP contribution in [0.15, 0.2) is 28.7 Å². The lowest BCUT2D eigenvalue weighted by atomic mass is 10.0. The highest BCUT2D eigenvalue weighted by molar-refractivity contribution is 9.10. The third kappa shape index (κ3) is 2.25. The van der Waals surface area contributed by atoms with Gasteiger partial charge in [-0.1, -0.05) is 28.1 Å². The smallest absolute Gasteiger partial charge is 0.226 e. The van der Waals surface area contributed by atoms with E-state index in [1.807, 2.05) is 6.07 Å². The molecule has 1 amide bonds. The van der Waals surface area contributed by atoms with Gasteiger partial charge in [-0.15, -0.1) is 0 Å². The van der Waals surface area contributed by atoms with Crippen molar-refractivity contribution in [3.05, 3.63) is 34.3 Å². The maximum Gasteiger partial charge on any atom is 0.226 e. The zero-order chi connectivity index (χ0) is 11.8. The molecular formula is C14H16BrNO. The van der Waals surface area contributed by atoms with E-state index in [-0.39, 0.29) is 0 Å². The number of likely N-dealkylation sites (tertiary alicyclic amines) is 1. The number of hydrogen-bond donors (Lipinski definition) is 0. The quantitative estimate of drug-likeness (QED) is 0.817. The molecular weight excluding hydrogens is 278 g/mol. The molecule has 1 aromatic rings. The molecule has 0 aromatic heterocycles. The summed E-state index contributed by atoms with van der Waals surface area (Å²) in [5.74, 6) is 0.718. The van der Waals surface area contributed by atoms with Gasteiger partial charge in [0.15, 0.2) is 0 Å². The highest BCUT2D eigenvalue weighted by atomic mass is 79.9. The third-order valence-corrected chi connectivity index (χ3v) is 4.19. The van der Waals surface area contributed by atoms with Gasteiger partial charge in [0.1, 0.15) is 0 Å². The van der Waals surface area contributed by atoms with Crippen molar-refractivity contribution in [3.63, 3.8) is 0 Å². The second kappa shape index (κ2) is 4.45. The number of amides is 1. The van der Waals surface area contributed by atoms with Crippen LogP contribution in [0.25, 0.3) is 0 Å². The van der Waals surface area contributed by atoms with E-state index in [1.165, 1.54) is 5.56 Å². The van der Waals surface area contributed by atoms with Gasteiger partial charge >= 0.3 is 0 Å². The minimum Gasteiger partial charge on any atom is -0.335 e. The van der Waals surface area contributed by atoms with Gasteiger partial charge in [0.2, 0.25) is 5.91 Å². The van der Waals surface area contributed by atoms with Crippen molar-refractivity contribution in [2.75, 3.05) is 6.54 Å².